The van der Waals surface area contributed by atoms with E-state index in [1.807, 2.05) is 6.92 Å². The van der Waals surface area contributed by atoms with Gasteiger partial charge >= 0.3 is 0 Å². The Bertz CT molecular complexity index is 606. The number of hydrogen-bond acceptors (Lipinski definition) is 4. The molecule has 2 heterocycles. The molecule has 0 radical (unpaired) electrons. The van der Waals surface area contributed by atoms with E-state index >= 15 is 0 Å². The first-order valence-corrected chi connectivity index (χ1v) is 6.22. The Morgan fingerprint density at radius 1 is 1.56 bits per heavy atom. The first-order valence-electron chi connectivity index (χ1n) is 5.42. The Kier molecular flexibility index (Phi) is 3.71. The van der Waals surface area contributed by atoms with Crippen molar-refractivity contribution < 1.29 is 4.79 Å². The van der Waals surface area contributed by atoms with Crippen molar-refractivity contribution in [3.8, 4) is 0 Å². The van der Waals surface area contributed by atoms with Crippen molar-refractivity contribution in [2.45, 2.75) is 13.3 Å². The van der Waals surface area contributed by atoms with E-state index in [4.69, 9.17) is 0 Å². The van der Waals surface area contributed by atoms with Gasteiger partial charge in [0.05, 0.1) is 11.3 Å². The molecule has 6 nitrogen and oxygen atoms in total. The maximum atomic E-state index is 12.0. The van der Waals surface area contributed by atoms with Crippen LogP contribution in [0.2, 0.25) is 0 Å². The highest BCUT2D eigenvalue weighted by atomic mass is 79.9. The molecule has 0 saturated carbocycles. The Morgan fingerprint density at radius 2 is 2.33 bits per heavy atom. The molecule has 2 aromatic rings. The summed E-state index contributed by atoms with van der Waals surface area (Å²) in [5, 5.41) is 6.81. The van der Waals surface area contributed by atoms with E-state index in [2.05, 4.69) is 42.9 Å². The number of rotatable bonds is 4. The highest BCUT2D eigenvalue weighted by Crippen LogP contribution is 2.10. The molecule has 2 rings (SSSR count). The molecule has 0 saturated heterocycles. The zero-order valence-corrected chi connectivity index (χ0v) is 11.4. The highest BCUT2D eigenvalue weighted by Gasteiger charge is 2.15. The molecule has 0 spiro atoms. The van der Waals surface area contributed by atoms with E-state index in [9.17, 15) is 4.79 Å². The summed E-state index contributed by atoms with van der Waals surface area (Å²) in [5.41, 5.74) is 1.29. The van der Waals surface area contributed by atoms with Crippen LogP contribution in [-0.2, 0) is 6.42 Å². The van der Waals surface area contributed by atoms with E-state index in [0.29, 0.717) is 28.8 Å². The fourth-order valence-corrected chi connectivity index (χ4v) is 1.77. The molecule has 0 aliphatic heterocycles. The summed E-state index contributed by atoms with van der Waals surface area (Å²) >= 11 is 3.19. The zero-order chi connectivity index (χ0) is 13.1. The molecule has 1 N–H and O–H groups in total. The molecule has 0 atom stereocenters. The van der Waals surface area contributed by atoms with Gasteiger partial charge in [0.15, 0.2) is 0 Å². The first kappa shape index (κ1) is 12.7. The average molecular weight is 310 g/mol. The lowest BCUT2D eigenvalue weighted by Crippen LogP contribution is -2.26. The molecule has 0 aliphatic carbocycles. The van der Waals surface area contributed by atoms with Gasteiger partial charge in [0.1, 0.15) is 6.33 Å². The van der Waals surface area contributed by atoms with Gasteiger partial charge in [-0.2, -0.15) is 10.1 Å². The second-order valence-corrected chi connectivity index (χ2v) is 4.77. The second-order valence-electron chi connectivity index (χ2n) is 3.64. The second kappa shape index (κ2) is 5.26. The van der Waals surface area contributed by atoms with Crippen molar-refractivity contribution in [3.63, 3.8) is 0 Å². The molecule has 0 fully saturated rings. The number of aromatic nitrogens is 4. The van der Waals surface area contributed by atoms with Crippen LogP contribution in [0.1, 0.15) is 23.0 Å². The third-order valence-electron chi connectivity index (χ3n) is 2.43. The number of fused-ring (bicyclic) bond motifs is 1. The summed E-state index contributed by atoms with van der Waals surface area (Å²) in [7, 11) is 0. The number of aryl methyl sites for hydroxylation is 1. The van der Waals surface area contributed by atoms with Gasteiger partial charge in [0.2, 0.25) is 0 Å². The van der Waals surface area contributed by atoms with E-state index in [-0.39, 0.29) is 5.91 Å². The molecular weight excluding hydrogens is 298 g/mol. The van der Waals surface area contributed by atoms with Gasteiger partial charge in [-0.1, -0.05) is 29.4 Å². The minimum absolute atomic E-state index is 0.197. The van der Waals surface area contributed by atoms with Crippen LogP contribution in [0, 0.1) is 0 Å². The Labute approximate surface area is 112 Å². The maximum absolute atomic E-state index is 12.0. The Balaban J connectivity index is 2.37. The topological polar surface area (TPSA) is 72.2 Å². The third kappa shape index (κ3) is 2.40. The fourth-order valence-electron chi connectivity index (χ4n) is 1.63. The molecular formula is C11H12BrN5O. The van der Waals surface area contributed by atoms with Gasteiger partial charge in [-0.3, -0.25) is 4.79 Å². The van der Waals surface area contributed by atoms with Gasteiger partial charge in [-0.15, -0.1) is 0 Å². The maximum Gasteiger partial charge on any atom is 0.254 e. The Hall–Kier alpha value is -1.76. The molecule has 0 unspecified atom stereocenters. The molecule has 0 aliphatic rings. The molecule has 0 bridgehead atoms. The largest absolute Gasteiger partial charge is 0.347 e. The first-order chi connectivity index (χ1) is 8.63. The number of amides is 1. The number of hydrogen-bond donors (Lipinski definition) is 1. The van der Waals surface area contributed by atoms with Gasteiger partial charge in [0.25, 0.3) is 11.7 Å². The van der Waals surface area contributed by atoms with Gasteiger partial charge in [-0.05, 0) is 6.42 Å². The van der Waals surface area contributed by atoms with E-state index in [0.717, 1.165) is 5.69 Å². The Morgan fingerprint density at radius 3 is 3.00 bits per heavy atom. The van der Waals surface area contributed by atoms with Crippen molar-refractivity contribution in [1.29, 1.82) is 0 Å². The standard InChI is InChI=1S/C11H12BrN5O/c1-3-9-8(10(18)13-4-7(2)12)5-14-11-15-6-16-17(9)11/h5-6H,2-4H2,1H3,(H,13,18). The smallest absolute Gasteiger partial charge is 0.254 e. The quantitative estimate of drug-likeness (QED) is 0.924. The van der Waals surface area contributed by atoms with E-state index in [1.54, 1.807) is 4.52 Å². The molecule has 7 heteroatoms. The van der Waals surface area contributed by atoms with Gasteiger partial charge in [-0.25, -0.2) is 9.50 Å². The van der Waals surface area contributed by atoms with Crippen LogP contribution < -0.4 is 5.32 Å². The minimum atomic E-state index is -0.197. The monoisotopic (exact) mass is 309 g/mol. The zero-order valence-electron chi connectivity index (χ0n) is 9.85. The number of carbonyl (C=O) groups is 1. The van der Waals surface area contributed by atoms with Crippen LogP contribution >= 0.6 is 15.9 Å². The van der Waals surface area contributed by atoms with Gasteiger partial charge in [0, 0.05) is 17.2 Å². The number of nitrogens with zero attached hydrogens (tertiary/aromatic N) is 4. The van der Waals surface area contributed by atoms with Crippen LogP contribution in [0.5, 0.6) is 0 Å². The fraction of sp³-hybridized carbons (Fsp3) is 0.273. The summed E-state index contributed by atoms with van der Waals surface area (Å²) in [6.07, 6.45) is 3.61. The summed E-state index contributed by atoms with van der Waals surface area (Å²) < 4.78 is 2.29. The summed E-state index contributed by atoms with van der Waals surface area (Å²) in [6.45, 7) is 5.99. The van der Waals surface area contributed by atoms with Crippen molar-refractivity contribution in [2.24, 2.45) is 0 Å². The normalized spacial score (nSPS) is 10.6. The number of halogens is 1. The SMILES string of the molecule is C=C(Br)CNC(=O)c1cnc2ncnn2c1CC. The van der Waals surface area contributed by atoms with Crippen LogP contribution in [0.3, 0.4) is 0 Å². The van der Waals surface area contributed by atoms with Crippen molar-refractivity contribution in [3.05, 3.63) is 34.8 Å². The third-order valence-corrected chi connectivity index (χ3v) is 2.71. The van der Waals surface area contributed by atoms with Gasteiger partial charge < -0.3 is 5.32 Å². The lowest BCUT2D eigenvalue weighted by molar-refractivity contribution is 0.0956. The summed E-state index contributed by atoms with van der Waals surface area (Å²) in [4.78, 5) is 20.1. The molecule has 18 heavy (non-hydrogen) atoms. The number of carbonyl (C=O) groups excluding carboxylic acids is 1. The predicted molar refractivity (Wildman–Crippen MR) is 70.6 cm³/mol. The lowest BCUT2D eigenvalue weighted by Gasteiger charge is -2.09. The van der Waals surface area contributed by atoms with E-state index < -0.39 is 0 Å². The van der Waals surface area contributed by atoms with Crippen LogP contribution in [0.25, 0.3) is 5.78 Å². The van der Waals surface area contributed by atoms with Crippen molar-refractivity contribution in [2.75, 3.05) is 6.54 Å². The van der Waals surface area contributed by atoms with Crippen molar-refractivity contribution >= 4 is 27.6 Å². The molecule has 94 valence electrons. The molecule has 0 aromatic carbocycles. The molecule has 1 amide bonds. The predicted octanol–water partition coefficient (Wildman–Crippen LogP) is 1.33. The van der Waals surface area contributed by atoms with Crippen LogP contribution in [0.15, 0.2) is 23.6 Å². The molecule has 2 aromatic heterocycles. The average Bonchev–Trinajstić information content (AvgIpc) is 2.82. The lowest BCUT2D eigenvalue weighted by atomic mass is 10.2. The summed E-state index contributed by atoms with van der Waals surface area (Å²) in [5.74, 6) is 0.297. The number of nitrogens with one attached hydrogen (secondary N) is 1. The minimum Gasteiger partial charge on any atom is -0.347 e. The van der Waals surface area contributed by atoms with Crippen LogP contribution in [-0.4, -0.2) is 32.0 Å². The highest BCUT2D eigenvalue weighted by molar-refractivity contribution is 9.11. The van der Waals surface area contributed by atoms with Crippen molar-refractivity contribution in [1.82, 2.24) is 24.9 Å². The summed E-state index contributed by atoms with van der Waals surface area (Å²) in [6, 6.07) is 0. The van der Waals surface area contributed by atoms with Crippen LogP contribution in [0.4, 0.5) is 0 Å². The van der Waals surface area contributed by atoms with E-state index in [1.165, 1.54) is 12.5 Å².